The van der Waals surface area contributed by atoms with E-state index in [9.17, 15) is 10.2 Å². The normalized spacial score (nSPS) is 27.4. The molecule has 2 heteroatoms. The third kappa shape index (κ3) is 3.21. The summed E-state index contributed by atoms with van der Waals surface area (Å²) in [6.45, 7) is 0. The molecule has 2 aliphatic carbocycles. The fourth-order valence-corrected chi connectivity index (χ4v) is 1.87. The van der Waals surface area contributed by atoms with Crippen molar-refractivity contribution in [3.05, 3.63) is 63.2 Å². The first-order chi connectivity index (χ1) is 7.77. The fraction of sp³-hybridized carbons (Fsp3) is 0.286. The first kappa shape index (κ1) is 12.4. The molecule has 10 radical (unpaired) electrons. The minimum absolute atomic E-state index is 0.473. The summed E-state index contributed by atoms with van der Waals surface area (Å²) in [6, 6.07) is 0. The standard InChI is InChI=1S/C14H16O2/c15-13(11-5-1-2-6-11)9-10-14(16)12-7-3-4-8-12/h1-8,13-16H,9-10H2/t13-,14+. The Kier molecular flexibility index (Phi) is 4.66. The zero-order valence-electron chi connectivity index (χ0n) is 9.08. The van der Waals surface area contributed by atoms with Gasteiger partial charge in [0.2, 0.25) is 0 Å². The lowest BCUT2D eigenvalue weighted by Gasteiger charge is -2.21. The van der Waals surface area contributed by atoms with Gasteiger partial charge in [-0.3, -0.25) is 0 Å². The Labute approximate surface area is 99.1 Å². The molecule has 0 bridgehead atoms. The monoisotopic (exact) mass is 216 g/mol. The Morgan fingerprint density at radius 2 is 1.00 bits per heavy atom. The summed E-state index contributed by atoms with van der Waals surface area (Å²) < 4.78 is 0. The van der Waals surface area contributed by atoms with Crippen LogP contribution >= 0.6 is 0 Å². The Morgan fingerprint density at radius 3 is 1.31 bits per heavy atom. The topological polar surface area (TPSA) is 40.5 Å². The molecule has 0 saturated heterocycles. The van der Waals surface area contributed by atoms with Crippen molar-refractivity contribution in [3.8, 4) is 0 Å². The van der Waals surface area contributed by atoms with Crippen LogP contribution < -0.4 is 0 Å². The molecule has 2 atom stereocenters. The van der Waals surface area contributed by atoms with E-state index in [1.54, 1.807) is 0 Å². The zero-order valence-corrected chi connectivity index (χ0v) is 9.08. The van der Waals surface area contributed by atoms with E-state index in [0.29, 0.717) is 12.8 Å². The molecule has 0 aromatic heterocycles. The second-order valence-electron chi connectivity index (χ2n) is 4.05. The second kappa shape index (κ2) is 6.02. The molecule has 0 aromatic rings. The SMILES string of the molecule is O[C@H](CC[C@H](O)[C]1[CH][CH][CH][CH]1)[C]1[CH][CH][CH][CH]1. The number of hydrogen-bond donors (Lipinski definition) is 2. The van der Waals surface area contributed by atoms with Crippen molar-refractivity contribution in [2.24, 2.45) is 0 Å². The van der Waals surface area contributed by atoms with Gasteiger partial charge in [0.15, 0.2) is 0 Å². The predicted octanol–water partition coefficient (Wildman–Crippen LogP) is 1.30. The third-order valence-electron chi connectivity index (χ3n) is 2.86. The van der Waals surface area contributed by atoms with Gasteiger partial charge in [-0.2, -0.15) is 0 Å². The lowest BCUT2D eigenvalue weighted by atomic mass is 9.91. The molecule has 84 valence electrons. The van der Waals surface area contributed by atoms with E-state index in [0.717, 1.165) is 11.8 Å². The van der Waals surface area contributed by atoms with Crippen LogP contribution in [0.5, 0.6) is 0 Å². The summed E-state index contributed by atoms with van der Waals surface area (Å²) in [5, 5.41) is 19.7. The average Bonchev–Trinajstić information content (AvgIpc) is 2.95. The maximum absolute atomic E-state index is 9.84. The van der Waals surface area contributed by atoms with Crippen LogP contribution in [0.15, 0.2) is 0 Å². The van der Waals surface area contributed by atoms with Gasteiger partial charge in [-0.25, -0.2) is 0 Å². The van der Waals surface area contributed by atoms with E-state index < -0.39 is 12.2 Å². The number of aliphatic hydroxyl groups is 2. The molecule has 0 aliphatic heterocycles. The van der Waals surface area contributed by atoms with Gasteiger partial charge in [0.1, 0.15) is 0 Å². The first-order valence-electron chi connectivity index (χ1n) is 5.56. The van der Waals surface area contributed by atoms with Gasteiger partial charge >= 0.3 is 0 Å². The lowest BCUT2D eigenvalue weighted by molar-refractivity contribution is 0.135. The van der Waals surface area contributed by atoms with Crippen molar-refractivity contribution in [1.29, 1.82) is 0 Å². The summed E-state index contributed by atoms with van der Waals surface area (Å²) in [5.74, 6) is 1.85. The van der Waals surface area contributed by atoms with E-state index in [2.05, 4.69) is 0 Å². The Balaban J connectivity index is 1.65. The van der Waals surface area contributed by atoms with Crippen molar-refractivity contribution >= 4 is 0 Å². The van der Waals surface area contributed by atoms with Gasteiger partial charge in [0, 0.05) is 11.8 Å². The molecule has 16 heavy (non-hydrogen) atoms. The first-order valence-corrected chi connectivity index (χ1v) is 5.56. The van der Waals surface area contributed by atoms with E-state index >= 15 is 0 Å². The highest BCUT2D eigenvalue weighted by Gasteiger charge is 2.28. The summed E-state index contributed by atoms with van der Waals surface area (Å²) in [4.78, 5) is 0. The largest absolute Gasteiger partial charge is 0.393 e. The van der Waals surface area contributed by atoms with Gasteiger partial charge in [-0.15, -0.1) is 0 Å². The van der Waals surface area contributed by atoms with Crippen molar-refractivity contribution in [2.75, 3.05) is 0 Å². The molecule has 0 amide bonds. The molecule has 2 N–H and O–H groups in total. The van der Waals surface area contributed by atoms with Gasteiger partial charge in [-0.1, -0.05) is 0 Å². The molecular formula is C14H16O2. The smallest absolute Gasteiger partial charge is 0.0609 e. The van der Waals surface area contributed by atoms with Gasteiger partial charge < -0.3 is 10.2 Å². The maximum atomic E-state index is 9.84. The number of hydrogen-bond acceptors (Lipinski definition) is 2. The quantitative estimate of drug-likeness (QED) is 0.727. The molecule has 2 saturated carbocycles. The van der Waals surface area contributed by atoms with E-state index in [1.165, 1.54) is 0 Å². The van der Waals surface area contributed by atoms with Crippen molar-refractivity contribution in [3.63, 3.8) is 0 Å². The van der Waals surface area contributed by atoms with Crippen LogP contribution in [0.25, 0.3) is 0 Å². The Bertz CT molecular complexity index is 171. The third-order valence-corrected chi connectivity index (χ3v) is 2.86. The number of rotatable bonds is 5. The summed E-state index contributed by atoms with van der Waals surface area (Å²) in [6.07, 6.45) is 15.5. The summed E-state index contributed by atoms with van der Waals surface area (Å²) >= 11 is 0. The van der Waals surface area contributed by atoms with Crippen molar-refractivity contribution < 1.29 is 10.2 Å². The molecule has 2 aliphatic rings. The average molecular weight is 216 g/mol. The number of aliphatic hydroxyl groups excluding tert-OH is 2. The molecule has 2 nitrogen and oxygen atoms in total. The van der Waals surface area contributed by atoms with E-state index in [1.807, 2.05) is 51.4 Å². The zero-order chi connectivity index (χ0) is 11.4. The molecule has 0 aromatic carbocycles. The highest BCUT2D eigenvalue weighted by molar-refractivity contribution is 5.38. The fourth-order valence-electron chi connectivity index (χ4n) is 1.87. The highest BCUT2D eigenvalue weighted by atomic mass is 16.3. The lowest BCUT2D eigenvalue weighted by Crippen LogP contribution is -2.22. The highest BCUT2D eigenvalue weighted by Crippen LogP contribution is 2.31. The van der Waals surface area contributed by atoms with Crippen LogP contribution in [0, 0.1) is 63.2 Å². The van der Waals surface area contributed by atoms with Gasteiger partial charge in [-0.05, 0) is 64.2 Å². The molecule has 2 fully saturated rings. The molecule has 0 heterocycles. The second-order valence-corrected chi connectivity index (χ2v) is 4.05. The minimum Gasteiger partial charge on any atom is -0.393 e. The van der Waals surface area contributed by atoms with Gasteiger partial charge in [0.05, 0.1) is 12.2 Å². The van der Waals surface area contributed by atoms with Gasteiger partial charge in [0.25, 0.3) is 0 Å². The summed E-state index contributed by atoms with van der Waals surface area (Å²) in [5.41, 5.74) is 0. The van der Waals surface area contributed by atoms with Crippen molar-refractivity contribution in [1.82, 2.24) is 0 Å². The van der Waals surface area contributed by atoms with E-state index in [4.69, 9.17) is 0 Å². The van der Waals surface area contributed by atoms with Crippen LogP contribution in [-0.4, -0.2) is 22.4 Å². The maximum Gasteiger partial charge on any atom is 0.0609 e. The summed E-state index contributed by atoms with van der Waals surface area (Å²) in [7, 11) is 0. The van der Waals surface area contributed by atoms with Crippen LogP contribution in [0.3, 0.4) is 0 Å². The molecular weight excluding hydrogens is 200 g/mol. The Morgan fingerprint density at radius 1 is 0.688 bits per heavy atom. The van der Waals surface area contributed by atoms with Crippen LogP contribution in [-0.2, 0) is 0 Å². The van der Waals surface area contributed by atoms with E-state index in [-0.39, 0.29) is 0 Å². The van der Waals surface area contributed by atoms with Crippen LogP contribution in [0.4, 0.5) is 0 Å². The molecule has 2 rings (SSSR count). The Hall–Kier alpha value is -0.0800. The van der Waals surface area contributed by atoms with Crippen molar-refractivity contribution in [2.45, 2.75) is 25.0 Å². The minimum atomic E-state index is -0.473. The van der Waals surface area contributed by atoms with Crippen LogP contribution in [0.1, 0.15) is 12.8 Å². The van der Waals surface area contributed by atoms with Crippen LogP contribution in [0.2, 0.25) is 0 Å². The predicted molar refractivity (Wildman–Crippen MR) is 62.1 cm³/mol. The molecule has 0 spiro atoms. The molecule has 0 unspecified atom stereocenters.